The number of benzene rings is 1. The Balaban J connectivity index is 2.15. The van der Waals surface area contributed by atoms with Crippen LogP contribution in [0.25, 0.3) is 0 Å². The first-order chi connectivity index (χ1) is 14.2. The van der Waals surface area contributed by atoms with E-state index in [-0.39, 0.29) is 41.4 Å². The zero-order valence-corrected chi connectivity index (χ0v) is 18.7. The van der Waals surface area contributed by atoms with Gasteiger partial charge in [-0.1, -0.05) is 19.9 Å². The number of hydrogen-bond acceptors (Lipinski definition) is 6. The van der Waals surface area contributed by atoms with Gasteiger partial charge in [0.15, 0.2) is 0 Å². The monoisotopic (exact) mass is 441 g/mol. The number of ether oxygens (including phenoxy) is 2. The molecule has 0 saturated carbocycles. The first-order valence-electron chi connectivity index (χ1n) is 9.95. The quantitative estimate of drug-likeness (QED) is 0.581. The average Bonchev–Trinajstić information content (AvgIpc) is 2.72. The third-order valence-electron chi connectivity index (χ3n) is 4.75. The van der Waals surface area contributed by atoms with Gasteiger partial charge in [-0.2, -0.15) is 4.31 Å². The molecule has 2 unspecified atom stereocenters. The summed E-state index contributed by atoms with van der Waals surface area (Å²) in [4.78, 5) is 25.4. The molecule has 2 amide bonds. The van der Waals surface area contributed by atoms with Crippen molar-refractivity contribution in [1.29, 1.82) is 0 Å². The molecule has 0 bridgehead atoms. The maximum absolute atomic E-state index is 12.8. The van der Waals surface area contributed by atoms with Gasteiger partial charge in [-0.15, -0.1) is 0 Å². The highest BCUT2D eigenvalue weighted by atomic mass is 32.2. The molecule has 10 heteroatoms. The van der Waals surface area contributed by atoms with Crippen LogP contribution in [-0.2, 0) is 24.3 Å². The van der Waals surface area contributed by atoms with Crippen LogP contribution in [0.2, 0.25) is 0 Å². The third-order valence-corrected chi connectivity index (χ3v) is 6.64. The number of nitrogens with zero attached hydrogens (tertiary/aromatic N) is 1. The highest BCUT2D eigenvalue weighted by molar-refractivity contribution is 7.89. The largest absolute Gasteiger partial charge is 0.383 e. The second kappa shape index (κ2) is 10.9. The zero-order chi connectivity index (χ0) is 22.3. The topological polar surface area (TPSA) is 114 Å². The molecule has 30 heavy (non-hydrogen) atoms. The van der Waals surface area contributed by atoms with Gasteiger partial charge in [0.05, 0.1) is 24.7 Å². The summed E-state index contributed by atoms with van der Waals surface area (Å²) in [6.07, 6.45) is 0. The van der Waals surface area contributed by atoms with Gasteiger partial charge in [0.1, 0.15) is 6.04 Å². The maximum Gasteiger partial charge on any atom is 0.251 e. The van der Waals surface area contributed by atoms with E-state index in [9.17, 15) is 18.0 Å². The summed E-state index contributed by atoms with van der Waals surface area (Å²) >= 11 is 0. The van der Waals surface area contributed by atoms with Gasteiger partial charge in [0.25, 0.3) is 5.91 Å². The van der Waals surface area contributed by atoms with Gasteiger partial charge < -0.3 is 20.1 Å². The number of amides is 2. The molecule has 1 aromatic rings. The van der Waals surface area contributed by atoms with Crippen LogP contribution in [0, 0.1) is 5.92 Å². The van der Waals surface area contributed by atoms with Crippen molar-refractivity contribution in [2.24, 2.45) is 5.92 Å². The van der Waals surface area contributed by atoms with Crippen molar-refractivity contribution in [3.63, 3.8) is 0 Å². The first kappa shape index (κ1) is 24.3. The Hall–Kier alpha value is -2.01. The molecule has 0 spiro atoms. The van der Waals surface area contributed by atoms with Crippen LogP contribution in [-0.4, -0.2) is 76.6 Å². The molecule has 0 radical (unpaired) electrons. The van der Waals surface area contributed by atoms with Crippen molar-refractivity contribution in [2.45, 2.75) is 37.8 Å². The summed E-state index contributed by atoms with van der Waals surface area (Å²) in [6, 6.07) is 4.87. The van der Waals surface area contributed by atoms with Crippen molar-refractivity contribution < 1.29 is 27.5 Å². The molecule has 0 aliphatic carbocycles. The molecule has 1 aromatic carbocycles. The molecular weight excluding hydrogens is 410 g/mol. The molecular formula is C20H31N3O6S. The van der Waals surface area contributed by atoms with Gasteiger partial charge in [-0.3, -0.25) is 9.59 Å². The van der Waals surface area contributed by atoms with Crippen LogP contribution in [0.4, 0.5) is 0 Å². The van der Waals surface area contributed by atoms with Crippen LogP contribution in [0.3, 0.4) is 0 Å². The number of hydrogen-bond donors (Lipinski definition) is 2. The van der Waals surface area contributed by atoms with E-state index in [1.165, 1.54) is 28.6 Å². The molecule has 1 aliphatic rings. The van der Waals surface area contributed by atoms with Crippen molar-refractivity contribution >= 4 is 21.8 Å². The summed E-state index contributed by atoms with van der Waals surface area (Å²) in [5.74, 6) is -0.994. The second-order valence-corrected chi connectivity index (χ2v) is 9.54. The Morgan fingerprint density at radius 3 is 2.43 bits per heavy atom. The van der Waals surface area contributed by atoms with Gasteiger partial charge >= 0.3 is 0 Å². The lowest BCUT2D eigenvalue weighted by Crippen LogP contribution is -2.52. The van der Waals surface area contributed by atoms with Crippen molar-refractivity contribution in [3.8, 4) is 0 Å². The lowest BCUT2D eigenvalue weighted by Gasteiger charge is -2.26. The number of carbonyl (C=O) groups excluding carboxylic acids is 2. The number of nitrogens with one attached hydrogen (secondary N) is 2. The summed E-state index contributed by atoms with van der Waals surface area (Å²) in [5.41, 5.74) is 0.174. The molecule has 1 saturated heterocycles. The van der Waals surface area contributed by atoms with Gasteiger partial charge in [0.2, 0.25) is 15.9 Å². The minimum Gasteiger partial charge on any atom is -0.383 e. The smallest absolute Gasteiger partial charge is 0.251 e. The Labute approximate surface area is 178 Å². The van der Waals surface area contributed by atoms with E-state index in [0.29, 0.717) is 19.8 Å². The van der Waals surface area contributed by atoms with E-state index in [1.807, 2.05) is 13.8 Å². The Morgan fingerprint density at radius 1 is 1.17 bits per heavy atom. The van der Waals surface area contributed by atoms with Gasteiger partial charge in [-0.05, 0) is 31.0 Å². The molecule has 2 rings (SSSR count). The van der Waals surface area contributed by atoms with Crippen LogP contribution in [0.1, 0.15) is 31.1 Å². The summed E-state index contributed by atoms with van der Waals surface area (Å²) in [7, 11) is -2.18. The molecule has 1 aliphatic heterocycles. The maximum atomic E-state index is 12.8. The Morgan fingerprint density at radius 2 is 1.83 bits per heavy atom. The lowest BCUT2D eigenvalue weighted by atomic mass is 10.0. The standard InChI is InChI=1S/C20H31N3O6S/c1-14(2)18(20(25)21-15(3)13-28-4)22-19(24)16-6-5-7-17(12-16)30(26,27)23-8-10-29-11-9-23/h5-7,12,14-15,18H,8-11,13H2,1-4H3,(H,21,25)(H,22,24). The van der Waals surface area contributed by atoms with E-state index in [1.54, 1.807) is 14.0 Å². The van der Waals surface area contributed by atoms with Crippen LogP contribution < -0.4 is 10.6 Å². The number of morpholine rings is 1. The van der Waals surface area contributed by atoms with E-state index in [2.05, 4.69) is 10.6 Å². The summed E-state index contributed by atoms with van der Waals surface area (Å²) in [6.45, 7) is 7.03. The van der Waals surface area contributed by atoms with Crippen molar-refractivity contribution in [1.82, 2.24) is 14.9 Å². The summed E-state index contributed by atoms with van der Waals surface area (Å²) in [5, 5.41) is 5.52. The van der Waals surface area contributed by atoms with Gasteiger partial charge in [0, 0.05) is 31.8 Å². The fourth-order valence-electron chi connectivity index (χ4n) is 3.12. The molecule has 1 fully saturated rings. The number of rotatable bonds is 9. The predicted molar refractivity (Wildman–Crippen MR) is 112 cm³/mol. The molecule has 2 N–H and O–H groups in total. The Bertz CT molecular complexity index is 837. The molecule has 168 valence electrons. The van der Waals surface area contributed by atoms with E-state index < -0.39 is 22.0 Å². The fraction of sp³-hybridized carbons (Fsp3) is 0.600. The molecule has 1 heterocycles. The predicted octanol–water partition coefficient (Wildman–Crippen LogP) is 0.613. The first-order valence-corrected chi connectivity index (χ1v) is 11.4. The number of carbonyl (C=O) groups is 2. The fourth-order valence-corrected chi connectivity index (χ4v) is 4.57. The van der Waals surface area contributed by atoms with Crippen LogP contribution >= 0.6 is 0 Å². The van der Waals surface area contributed by atoms with E-state index in [0.717, 1.165) is 0 Å². The van der Waals surface area contributed by atoms with E-state index in [4.69, 9.17) is 9.47 Å². The van der Waals surface area contributed by atoms with E-state index >= 15 is 0 Å². The number of sulfonamides is 1. The highest BCUT2D eigenvalue weighted by Gasteiger charge is 2.28. The van der Waals surface area contributed by atoms with Crippen LogP contribution in [0.15, 0.2) is 29.2 Å². The van der Waals surface area contributed by atoms with Crippen molar-refractivity contribution in [2.75, 3.05) is 40.0 Å². The highest BCUT2D eigenvalue weighted by Crippen LogP contribution is 2.18. The normalized spacial score (nSPS) is 17.4. The molecule has 2 atom stereocenters. The van der Waals surface area contributed by atoms with Gasteiger partial charge in [-0.25, -0.2) is 8.42 Å². The average molecular weight is 442 g/mol. The molecule has 0 aromatic heterocycles. The summed E-state index contributed by atoms with van der Waals surface area (Å²) < 4.78 is 37.3. The minimum atomic E-state index is -3.72. The van der Waals surface area contributed by atoms with Crippen molar-refractivity contribution in [3.05, 3.63) is 29.8 Å². The SMILES string of the molecule is COCC(C)NC(=O)C(NC(=O)c1cccc(S(=O)(=O)N2CCOCC2)c1)C(C)C. The van der Waals surface area contributed by atoms with Crippen LogP contribution in [0.5, 0.6) is 0 Å². The Kier molecular flexibility index (Phi) is 8.78. The lowest BCUT2D eigenvalue weighted by molar-refractivity contribution is -0.124. The molecule has 9 nitrogen and oxygen atoms in total. The number of methoxy groups -OCH3 is 1. The second-order valence-electron chi connectivity index (χ2n) is 7.60. The minimum absolute atomic E-state index is 0.0383. The zero-order valence-electron chi connectivity index (χ0n) is 17.9. The third kappa shape index (κ3) is 6.24.